The molecule has 0 fully saturated rings. The molecule has 31 heavy (non-hydrogen) atoms. The molecule has 1 N–H and O–H groups in total. The molecule has 1 amide bonds. The molecule has 0 atom stereocenters. The van der Waals surface area contributed by atoms with Crippen LogP contribution in [-0.4, -0.2) is 44.1 Å². The highest BCUT2D eigenvalue weighted by molar-refractivity contribution is 7.89. The van der Waals surface area contributed by atoms with Crippen molar-refractivity contribution in [2.45, 2.75) is 19.4 Å². The largest absolute Gasteiger partial charge is 0.484 e. The Morgan fingerprint density at radius 1 is 0.968 bits per heavy atom. The SMILES string of the molecule is O=C(COc1ccc2ccccc2c1)NCCCS(=O)(=O)N1CCc2ccccc2C1. The number of hydrogen-bond donors (Lipinski definition) is 1. The summed E-state index contributed by atoms with van der Waals surface area (Å²) < 4.78 is 32.4. The van der Waals surface area contributed by atoms with E-state index in [2.05, 4.69) is 11.4 Å². The third-order valence-electron chi connectivity index (χ3n) is 5.48. The Hall–Kier alpha value is -2.90. The number of carbonyl (C=O) groups is 1. The van der Waals surface area contributed by atoms with Crippen LogP contribution in [0, 0.1) is 0 Å². The van der Waals surface area contributed by atoms with Crippen molar-refractivity contribution in [2.24, 2.45) is 0 Å². The van der Waals surface area contributed by atoms with Gasteiger partial charge in [-0.25, -0.2) is 8.42 Å². The minimum absolute atomic E-state index is 0.0149. The maximum atomic E-state index is 12.6. The molecular weight excluding hydrogens is 412 g/mol. The van der Waals surface area contributed by atoms with E-state index >= 15 is 0 Å². The van der Waals surface area contributed by atoms with Crippen LogP contribution in [0.1, 0.15) is 17.5 Å². The lowest BCUT2D eigenvalue weighted by atomic mass is 10.0. The van der Waals surface area contributed by atoms with Crippen LogP contribution >= 0.6 is 0 Å². The maximum Gasteiger partial charge on any atom is 0.257 e. The molecule has 4 rings (SSSR count). The molecule has 0 aromatic heterocycles. The second-order valence-electron chi connectivity index (χ2n) is 7.67. The van der Waals surface area contributed by atoms with E-state index in [9.17, 15) is 13.2 Å². The molecule has 3 aromatic rings. The number of benzene rings is 3. The second-order valence-corrected chi connectivity index (χ2v) is 9.76. The van der Waals surface area contributed by atoms with E-state index in [1.807, 2.05) is 60.7 Å². The van der Waals surface area contributed by atoms with Gasteiger partial charge in [0, 0.05) is 19.6 Å². The minimum atomic E-state index is -3.35. The molecule has 0 spiro atoms. The number of fused-ring (bicyclic) bond motifs is 2. The number of ether oxygens (including phenoxy) is 1. The molecule has 162 valence electrons. The Morgan fingerprint density at radius 2 is 1.71 bits per heavy atom. The smallest absolute Gasteiger partial charge is 0.257 e. The van der Waals surface area contributed by atoms with Gasteiger partial charge in [0.15, 0.2) is 6.61 Å². The number of carbonyl (C=O) groups excluding carboxylic acids is 1. The average Bonchev–Trinajstić information content (AvgIpc) is 2.80. The van der Waals surface area contributed by atoms with E-state index in [1.165, 1.54) is 5.56 Å². The van der Waals surface area contributed by atoms with Crippen molar-refractivity contribution in [1.29, 1.82) is 0 Å². The molecular formula is C24H26N2O4S. The van der Waals surface area contributed by atoms with Crippen molar-refractivity contribution in [2.75, 3.05) is 25.4 Å². The Labute approximate surface area is 182 Å². The lowest BCUT2D eigenvalue weighted by Crippen LogP contribution is -2.38. The fourth-order valence-corrected chi connectivity index (χ4v) is 5.25. The summed E-state index contributed by atoms with van der Waals surface area (Å²) in [4.78, 5) is 12.0. The quantitative estimate of drug-likeness (QED) is 0.549. The highest BCUT2D eigenvalue weighted by Crippen LogP contribution is 2.22. The summed E-state index contributed by atoms with van der Waals surface area (Å²) in [5.74, 6) is 0.375. The van der Waals surface area contributed by atoms with Gasteiger partial charge < -0.3 is 10.1 Å². The third kappa shape index (κ3) is 5.42. The molecule has 0 aliphatic carbocycles. The fraction of sp³-hybridized carbons (Fsp3) is 0.292. The summed E-state index contributed by atoms with van der Waals surface area (Å²) in [5, 5.41) is 4.89. The lowest BCUT2D eigenvalue weighted by molar-refractivity contribution is -0.123. The summed E-state index contributed by atoms with van der Waals surface area (Å²) in [6.07, 6.45) is 1.10. The van der Waals surface area contributed by atoms with Gasteiger partial charge in [-0.2, -0.15) is 4.31 Å². The van der Waals surface area contributed by atoms with Crippen LogP contribution in [-0.2, 0) is 27.8 Å². The van der Waals surface area contributed by atoms with E-state index < -0.39 is 10.0 Å². The lowest BCUT2D eigenvalue weighted by Gasteiger charge is -2.28. The zero-order valence-corrected chi connectivity index (χ0v) is 18.1. The Kier molecular flexibility index (Phi) is 6.53. The van der Waals surface area contributed by atoms with Gasteiger partial charge in [0.25, 0.3) is 5.91 Å². The monoisotopic (exact) mass is 438 g/mol. The Bertz CT molecular complexity index is 1180. The van der Waals surface area contributed by atoms with E-state index in [-0.39, 0.29) is 18.3 Å². The minimum Gasteiger partial charge on any atom is -0.484 e. The topological polar surface area (TPSA) is 75.7 Å². The molecule has 0 unspecified atom stereocenters. The Balaban J connectivity index is 1.20. The molecule has 0 bridgehead atoms. The van der Waals surface area contributed by atoms with Crippen LogP contribution < -0.4 is 10.1 Å². The fourth-order valence-electron chi connectivity index (χ4n) is 3.78. The highest BCUT2D eigenvalue weighted by Gasteiger charge is 2.26. The van der Waals surface area contributed by atoms with Crippen LogP contribution in [0.15, 0.2) is 66.7 Å². The zero-order valence-electron chi connectivity index (χ0n) is 17.3. The van der Waals surface area contributed by atoms with Crippen molar-refractivity contribution < 1.29 is 17.9 Å². The van der Waals surface area contributed by atoms with E-state index in [1.54, 1.807) is 4.31 Å². The molecule has 1 heterocycles. The first-order chi connectivity index (χ1) is 15.0. The number of rotatable bonds is 8. The van der Waals surface area contributed by atoms with E-state index in [4.69, 9.17) is 4.74 Å². The molecule has 3 aromatic carbocycles. The van der Waals surface area contributed by atoms with Gasteiger partial charge in [0.2, 0.25) is 10.0 Å². The van der Waals surface area contributed by atoms with Crippen molar-refractivity contribution >= 4 is 26.7 Å². The number of nitrogens with zero attached hydrogens (tertiary/aromatic N) is 1. The normalized spacial score (nSPS) is 14.2. The number of sulfonamides is 1. The summed E-state index contributed by atoms with van der Waals surface area (Å²) >= 11 is 0. The van der Waals surface area contributed by atoms with Gasteiger partial charge in [0.05, 0.1) is 5.75 Å². The molecule has 0 radical (unpaired) electrons. The standard InChI is InChI=1S/C24H26N2O4S/c27-24(18-30-23-11-10-19-6-1-3-8-21(19)16-23)25-13-5-15-31(28,29)26-14-12-20-7-2-4-9-22(20)17-26/h1-4,6-11,16H,5,12-15,17-18H2,(H,25,27). The summed E-state index contributed by atoms with van der Waals surface area (Å²) in [5.41, 5.74) is 2.28. The molecule has 1 aliphatic rings. The molecule has 0 saturated carbocycles. The molecule has 0 saturated heterocycles. The summed E-state index contributed by atoms with van der Waals surface area (Å²) in [6.45, 7) is 1.12. The third-order valence-corrected chi connectivity index (χ3v) is 7.38. The molecule has 7 heteroatoms. The second kappa shape index (κ2) is 9.49. The first-order valence-electron chi connectivity index (χ1n) is 10.4. The van der Waals surface area contributed by atoms with Gasteiger partial charge in [-0.1, -0.05) is 54.6 Å². The van der Waals surface area contributed by atoms with Crippen LogP contribution in [0.2, 0.25) is 0 Å². The molecule has 1 aliphatic heterocycles. The van der Waals surface area contributed by atoms with Crippen LogP contribution in [0.4, 0.5) is 0 Å². The van der Waals surface area contributed by atoms with E-state index in [0.29, 0.717) is 31.8 Å². The van der Waals surface area contributed by atoms with Gasteiger partial charge >= 0.3 is 0 Å². The predicted molar refractivity (Wildman–Crippen MR) is 121 cm³/mol. The van der Waals surface area contributed by atoms with Crippen LogP contribution in [0.25, 0.3) is 10.8 Å². The van der Waals surface area contributed by atoms with Crippen LogP contribution in [0.5, 0.6) is 5.75 Å². The zero-order chi connectivity index (χ0) is 21.7. The number of hydrogen-bond acceptors (Lipinski definition) is 4. The average molecular weight is 439 g/mol. The van der Waals surface area contributed by atoms with E-state index in [0.717, 1.165) is 22.8 Å². The van der Waals surface area contributed by atoms with Gasteiger partial charge in [0.1, 0.15) is 5.75 Å². The maximum absolute atomic E-state index is 12.6. The first-order valence-corrected chi connectivity index (χ1v) is 12.1. The first kappa shape index (κ1) is 21.3. The van der Waals surface area contributed by atoms with Gasteiger partial charge in [-0.05, 0) is 46.9 Å². The molecule has 6 nitrogen and oxygen atoms in total. The highest BCUT2D eigenvalue weighted by atomic mass is 32.2. The summed E-state index contributed by atoms with van der Waals surface area (Å²) in [6, 6.07) is 21.6. The Morgan fingerprint density at radius 3 is 2.55 bits per heavy atom. The summed E-state index contributed by atoms with van der Waals surface area (Å²) in [7, 11) is -3.35. The number of amides is 1. The van der Waals surface area contributed by atoms with Crippen LogP contribution in [0.3, 0.4) is 0 Å². The van der Waals surface area contributed by atoms with Crippen molar-refractivity contribution in [1.82, 2.24) is 9.62 Å². The van der Waals surface area contributed by atoms with Crippen molar-refractivity contribution in [3.8, 4) is 5.75 Å². The number of nitrogens with one attached hydrogen (secondary N) is 1. The van der Waals surface area contributed by atoms with Crippen molar-refractivity contribution in [3.05, 3.63) is 77.9 Å². The van der Waals surface area contributed by atoms with Crippen molar-refractivity contribution in [3.63, 3.8) is 0 Å². The van der Waals surface area contributed by atoms with Gasteiger partial charge in [-0.15, -0.1) is 0 Å². The predicted octanol–water partition coefficient (Wildman–Crippen LogP) is 3.11. The van der Waals surface area contributed by atoms with Gasteiger partial charge in [-0.3, -0.25) is 4.79 Å².